The minimum atomic E-state index is -0.518. The average molecular weight is 478 g/mol. The SMILES string of the molecule is CC1(C)CN(C[C@@]2(C)Cn3cc([N+](=O)[O-])nc3O2)Cc2sc(-c3ccc(F)cc3)nc21.S. The minimum Gasteiger partial charge on any atom is -0.436 e. The number of ether oxygens (including phenoxy) is 1. The smallest absolute Gasteiger partial charge is 0.415 e. The Morgan fingerprint density at radius 1 is 1.22 bits per heavy atom. The van der Waals surface area contributed by atoms with Crippen LogP contribution >= 0.6 is 24.8 Å². The van der Waals surface area contributed by atoms with Crippen molar-refractivity contribution in [1.29, 1.82) is 0 Å². The minimum absolute atomic E-state index is 0. The zero-order valence-corrected chi connectivity index (χ0v) is 19.8. The fraction of sp³-hybridized carbons (Fsp3) is 0.429. The Morgan fingerprint density at radius 3 is 2.59 bits per heavy atom. The summed E-state index contributed by atoms with van der Waals surface area (Å²) in [4.78, 5) is 22.8. The molecule has 5 rings (SSSR count). The number of halogens is 1. The molecule has 0 amide bonds. The Kier molecular flexibility index (Phi) is 5.54. The summed E-state index contributed by atoms with van der Waals surface area (Å²) in [5, 5.41) is 11.8. The highest BCUT2D eigenvalue weighted by Gasteiger charge is 2.44. The summed E-state index contributed by atoms with van der Waals surface area (Å²) in [6.07, 6.45) is 1.43. The van der Waals surface area contributed by atoms with E-state index in [1.165, 1.54) is 23.2 Å². The van der Waals surface area contributed by atoms with E-state index in [1.54, 1.807) is 28.0 Å². The van der Waals surface area contributed by atoms with E-state index in [9.17, 15) is 14.5 Å². The first-order valence-corrected chi connectivity index (χ1v) is 10.8. The summed E-state index contributed by atoms with van der Waals surface area (Å²) in [7, 11) is 0. The molecule has 0 aliphatic carbocycles. The van der Waals surface area contributed by atoms with Crippen molar-refractivity contribution in [3.05, 3.63) is 57.0 Å². The number of nitrogens with zero attached hydrogens (tertiary/aromatic N) is 5. The summed E-state index contributed by atoms with van der Waals surface area (Å²) < 4.78 is 21.0. The van der Waals surface area contributed by atoms with E-state index in [-0.39, 0.29) is 30.5 Å². The molecule has 1 aromatic carbocycles. The third-order valence-electron chi connectivity index (χ3n) is 5.73. The number of rotatable bonds is 4. The largest absolute Gasteiger partial charge is 0.436 e. The molecule has 2 aliphatic heterocycles. The second-order valence-corrected chi connectivity index (χ2v) is 10.2. The summed E-state index contributed by atoms with van der Waals surface area (Å²) in [6, 6.07) is 6.73. The molecule has 11 heteroatoms. The van der Waals surface area contributed by atoms with Gasteiger partial charge in [-0.3, -0.25) is 9.47 Å². The van der Waals surface area contributed by atoms with Crippen LogP contribution in [0.2, 0.25) is 0 Å². The second-order valence-electron chi connectivity index (χ2n) is 9.15. The molecule has 2 aliphatic rings. The van der Waals surface area contributed by atoms with Crippen LogP contribution in [0.15, 0.2) is 30.5 Å². The molecule has 4 heterocycles. The van der Waals surface area contributed by atoms with E-state index in [0.29, 0.717) is 19.1 Å². The van der Waals surface area contributed by atoms with Crippen molar-refractivity contribution in [1.82, 2.24) is 19.4 Å². The van der Waals surface area contributed by atoms with Crippen molar-refractivity contribution in [2.45, 2.75) is 44.9 Å². The molecule has 0 saturated heterocycles. The summed E-state index contributed by atoms with van der Waals surface area (Å²) in [6.45, 7) is 9.10. The van der Waals surface area contributed by atoms with Gasteiger partial charge < -0.3 is 14.9 Å². The van der Waals surface area contributed by atoms with Crippen LogP contribution in [0, 0.1) is 15.9 Å². The van der Waals surface area contributed by atoms with E-state index in [0.717, 1.165) is 29.4 Å². The lowest BCUT2D eigenvalue weighted by Crippen LogP contribution is -2.50. The molecule has 0 fully saturated rings. The highest BCUT2D eigenvalue weighted by atomic mass is 32.1. The highest BCUT2D eigenvalue weighted by molar-refractivity contribution is 7.59. The van der Waals surface area contributed by atoms with Crippen LogP contribution in [0.5, 0.6) is 6.01 Å². The van der Waals surface area contributed by atoms with Gasteiger partial charge in [-0.2, -0.15) is 13.5 Å². The maximum absolute atomic E-state index is 13.3. The normalized spacial score (nSPS) is 21.4. The summed E-state index contributed by atoms with van der Waals surface area (Å²) >= 11 is 1.64. The van der Waals surface area contributed by atoms with Gasteiger partial charge in [0.15, 0.2) is 0 Å². The Balaban J connectivity index is 0.00000245. The average Bonchev–Trinajstić information content (AvgIpc) is 3.33. The lowest BCUT2D eigenvalue weighted by Gasteiger charge is -2.39. The van der Waals surface area contributed by atoms with E-state index in [2.05, 4.69) is 23.7 Å². The van der Waals surface area contributed by atoms with Crippen LogP contribution in [0.4, 0.5) is 10.2 Å². The molecule has 0 N–H and O–H groups in total. The zero-order valence-electron chi connectivity index (χ0n) is 18.0. The number of hydrogen-bond donors (Lipinski definition) is 0. The first-order chi connectivity index (χ1) is 14.6. The Morgan fingerprint density at radius 2 is 1.94 bits per heavy atom. The molecular formula is C21H24FN5O3S2. The van der Waals surface area contributed by atoms with Gasteiger partial charge in [0.05, 0.1) is 12.2 Å². The molecule has 32 heavy (non-hydrogen) atoms. The van der Waals surface area contributed by atoms with E-state index in [1.807, 2.05) is 6.92 Å². The number of aromatic nitrogens is 3. The lowest BCUT2D eigenvalue weighted by molar-refractivity contribution is -0.389. The zero-order chi connectivity index (χ0) is 22.0. The third-order valence-corrected chi connectivity index (χ3v) is 6.82. The molecule has 1 atom stereocenters. The van der Waals surface area contributed by atoms with E-state index >= 15 is 0 Å². The first-order valence-electron chi connectivity index (χ1n) is 10.0. The van der Waals surface area contributed by atoms with Gasteiger partial charge in [0.1, 0.15) is 22.6 Å². The molecule has 0 radical (unpaired) electrons. The molecule has 2 aromatic heterocycles. The summed E-state index contributed by atoms with van der Waals surface area (Å²) in [5.41, 5.74) is 1.34. The van der Waals surface area contributed by atoms with Crippen LogP contribution in [0.3, 0.4) is 0 Å². The quantitative estimate of drug-likeness (QED) is 0.415. The molecule has 0 bridgehead atoms. The molecule has 170 valence electrons. The Bertz CT molecular complexity index is 1150. The molecule has 8 nitrogen and oxygen atoms in total. The van der Waals surface area contributed by atoms with E-state index < -0.39 is 10.5 Å². The monoisotopic (exact) mass is 477 g/mol. The van der Waals surface area contributed by atoms with Gasteiger partial charge in [-0.25, -0.2) is 9.37 Å². The van der Waals surface area contributed by atoms with E-state index in [4.69, 9.17) is 9.72 Å². The first kappa shape index (κ1) is 22.7. The Hall–Kier alpha value is -2.50. The number of fused-ring (bicyclic) bond motifs is 2. The summed E-state index contributed by atoms with van der Waals surface area (Å²) in [5.74, 6) is -0.453. The topological polar surface area (TPSA) is 86.3 Å². The van der Waals surface area contributed by atoms with Gasteiger partial charge in [-0.1, -0.05) is 13.8 Å². The van der Waals surface area contributed by atoms with Gasteiger partial charge in [-0.15, -0.1) is 11.3 Å². The van der Waals surface area contributed by atoms with Crippen molar-refractivity contribution in [2.24, 2.45) is 0 Å². The van der Waals surface area contributed by atoms with Gasteiger partial charge in [0.25, 0.3) is 0 Å². The maximum atomic E-state index is 13.3. The predicted molar refractivity (Wildman–Crippen MR) is 124 cm³/mol. The lowest BCUT2D eigenvalue weighted by atomic mass is 9.84. The van der Waals surface area contributed by atoms with Crippen molar-refractivity contribution >= 4 is 30.7 Å². The fourth-order valence-corrected chi connectivity index (χ4v) is 5.83. The van der Waals surface area contributed by atoms with Crippen molar-refractivity contribution in [3.63, 3.8) is 0 Å². The number of benzene rings is 1. The van der Waals surface area contributed by atoms with Crippen LogP contribution in [0.1, 0.15) is 31.3 Å². The molecule has 3 aromatic rings. The maximum Gasteiger partial charge on any atom is 0.415 e. The van der Waals surface area contributed by atoms with Crippen LogP contribution in [0.25, 0.3) is 10.6 Å². The molecule has 0 saturated carbocycles. The highest BCUT2D eigenvalue weighted by Crippen LogP contribution is 2.40. The third kappa shape index (κ3) is 4.00. The fourth-order valence-electron chi connectivity index (χ4n) is 4.54. The molecular weight excluding hydrogens is 453 g/mol. The van der Waals surface area contributed by atoms with Gasteiger partial charge in [0, 0.05) is 40.5 Å². The van der Waals surface area contributed by atoms with Gasteiger partial charge in [-0.05, 0) is 36.1 Å². The standard InChI is InChI=1S/C21H22FN5O3S.H2S/c1-20(2)10-25(11-21(3)12-26-9-16(27(28)29)23-19(26)30-21)8-15-17(20)24-18(31-15)13-4-6-14(22)7-5-13;/h4-7,9H,8,10-12H2,1-3H3;1H2/t21-;/m0./s1. The molecule has 0 spiro atoms. The van der Waals surface area contributed by atoms with Crippen LogP contribution in [-0.2, 0) is 18.5 Å². The second kappa shape index (κ2) is 7.82. The van der Waals surface area contributed by atoms with Crippen LogP contribution < -0.4 is 4.74 Å². The van der Waals surface area contributed by atoms with Gasteiger partial charge >= 0.3 is 11.8 Å². The van der Waals surface area contributed by atoms with Crippen molar-refractivity contribution in [2.75, 3.05) is 13.1 Å². The number of imidazole rings is 1. The van der Waals surface area contributed by atoms with Crippen molar-refractivity contribution < 1.29 is 14.1 Å². The Labute approximate surface area is 195 Å². The van der Waals surface area contributed by atoms with Gasteiger partial charge in [0.2, 0.25) is 0 Å². The number of nitro groups is 1. The number of thiazole rings is 1. The van der Waals surface area contributed by atoms with Crippen LogP contribution in [-0.4, -0.2) is 43.0 Å². The molecule has 0 unspecified atom stereocenters. The number of hydrogen-bond acceptors (Lipinski definition) is 7. The van der Waals surface area contributed by atoms with Crippen molar-refractivity contribution in [3.8, 4) is 16.6 Å². The predicted octanol–water partition coefficient (Wildman–Crippen LogP) is 4.11.